The van der Waals surface area contributed by atoms with E-state index in [2.05, 4.69) is 15.1 Å². The summed E-state index contributed by atoms with van der Waals surface area (Å²) < 4.78 is 0. The molecule has 2 aromatic rings. The minimum Gasteiger partial charge on any atom is -0.385 e. The van der Waals surface area contributed by atoms with Crippen molar-refractivity contribution in [2.24, 2.45) is 0 Å². The van der Waals surface area contributed by atoms with Crippen LogP contribution in [0.4, 0.5) is 5.82 Å². The highest BCUT2D eigenvalue weighted by Crippen LogP contribution is 2.25. The molecular formula is C18H22N4O2. The fourth-order valence-corrected chi connectivity index (χ4v) is 2.95. The lowest BCUT2D eigenvalue weighted by atomic mass is 9.92. The van der Waals surface area contributed by atoms with Crippen LogP contribution < -0.4 is 4.90 Å². The van der Waals surface area contributed by atoms with Gasteiger partial charge in [-0.05, 0) is 24.6 Å². The second-order valence-corrected chi connectivity index (χ2v) is 6.27. The molecule has 1 aromatic carbocycles. The molecule has 1 N–H and O–H groups in total. The maximum atomic E-state index is 12.5. The zero-order valence-corrected chi connectivity index (χ0v) is 13.8. The van der Waals surface area contributed by atoms with Crippen LogP contribution in [0.1, 0.15) is 18.9 Å². The van der Waals surface area contributed by atoms with Crippen LogP contribution in [0.3, 0.4) is 0 Å². The third-order valence-electron chi connectivity index (χ3n) is 4.41. The minimum atomic E-state index is -1.15. The van der Waals surface area contributed by atoms with Crippen LogP contribution in [-0.2, 0) is 10.4 Å². The van der Waals surface area contributed by atoms with Gasteiger partial charge in [0.15, 0.2) is 5.82 Å². The summed E-state index contributed by atoms with van der Waals surface area (Å²) in [4.78, 5) is 16.5. The topological polar surface area (TPSA) is 69.6 Å². The molecule has 1 aliphatic rings. The molecule has 0 spiro atoms. The van der Waals surface area contributed by atoms with Gasteiger partial charge < -0.3 is 14.9 Å². The average Bonchev–Trinajstić information content (AvgIpc) is 2.63. The minimum absolute atomic E-state index is 0.0253. The number of piperazine rings is 1. The van der Waals surface area contributed by atoms with Gasteiger partial charge in [0.2, 0.25) is 5.91 Å². The van der Waals surface area contributed by atoms with Crippen molar-refractivity contribution >= 4 is 11.7 Å². The predicted molar refractivity (Wildman–Crippen MR) is 91.5 cm³/mol. The average molecular weight is 326 g/mol. The van der Waals surface area contributed by atoms with E-state index in [1.807, 2.05) is 47.4 Å². The molecule has 126 valence electrons. The van der Waals surface area contributed by atoms with E-state index >= 15 is 0 Å². The number of amides is 1. The summed E-state index contributed by atoms with van der Waals surface area (Å²) in [6.07, 6.45) is 1.73. The first-order valence-electron chi connectivity index (χ1n) is 8.14. The van der Waals surface area contributed by atoms with Crippen molar-refractivity contribution in [3.05, 3.63) is 54.2 Å². The van der Waals surface area contributed by atoms with Crippen LogP contribution in [0, 0.1) is 0 Å². The number of aliphatic hydroxyl groups is 1. The largest absolute Gasteiger partial charge is 0.385 e. The molecule has 1 aromatic heterocycles. The molecule has 6 nitrogen and oxygen atoms in total. The standard InChI is InChI=1S/C18H22N4O2/c1-18(24,15-6-3-2-4-7-15)14-17(23)22-12-10-21(11-13-22)16-8-5-9-19-20-16/h2-9,24H,10-14H2,1H3. The molecule has 1 aliphatic heterocycles. The number of anilines is 1. The summed E-state index contributed by atoms with van der Waals surface area (Å²) in [5, 5.41) is 18.6. The Morgan fingerprint density at radius 3 is 2.46 bits per heavy atom. The molecule has 0 aliphatic carbocycles. The third kappa shape index (κ3) is 3.71. The highest BCUT2D eigenvalue weighted by Gasteiger charge is 2.30. The van der Waals surface area contributed by atoms with E-state index in [0.29, 0.717) is 13.1 Å². The Balaban J connectivity index is 1.57. The number of benzene rings is 1. The Hall–Kier alpha value is -2.47. The lowest BCUT2D eigenvalue weighted by Gasteiger charge is -2.36. The summed E-state index contributed by atoms with van der Waals surface area (Å²) in [7, 11) is 0. The summed E-state index contributed by atoms with van der Waals surface area (Å²) in [6.45, 7) is 4.38. The summed E-state index contributed by atoms with van der Waals surface area (Å²) in [5.74, 6) is 0.809. The molecule has 1 unspecified atom stereocenters. The van der Waals surface area contributed by atoms with Crippen LogP contribution in [0.15, 0.2) is 48.7 Å². The van der Waals surface area contributed by atoms with Crippen LogP contribution in [0.5, 0.6) is 0 Å². The molecule has 0 saturated carbocycles. The Labute approximate surface area is 141 Å². The van der Waals surface area contributed by atoms with Crippen molar-refractivity contribution in [3.8, 4) is 0 Å². The monoisotopic (exact) mass is 326 g/mol. The second-order valence-electron chi connectivity index (χ2n) is 6.27. The Bertz CT molecular complexity index is 668. The quantitative estimate of drug-likeness (QED) is 0.920. The Kier molecular flexibility index (Phi) is 4.76. The van der Waals surface area contributed by atoms with Gasteiger partial charge in [0, 0.05) is 32.4 Å². The number of carbonyl (C=O) groups is 1. The first kappa shape index (κ1) is 16.4. The smallest absolute Gasteiger partial charge is 0.225 e. The van der Waals surface area contributed by atoms with Crippen LogP contribution in [0.25, 0.3) is 0 Å². The van der Waals surface area contributed by atoms with Gasteiger partial charge in [-0.2, -0.15) is 5.10 Å². The summed E-state index contributed by atoms with van der Waals surface area (Å²) in [6, 6.07) is 13.1. The lowest BCUT2D eigenvalue weighted by Crippen LogP contribution is -2.50. The lowest BCUT2D eigenvalue weighted by molar-refractivity contribution is -0.136. The van der Waals surface area contributed by atoms with Crippen molar-refractivity contribution in [2.45, 2.75) is 18.9 Å². The van der Waals surface area contributed by atoms with Gasteiger partial charge in [0.25, 0.3) is 0 Å². The molecule has 0 bridgehead atoms. The fraction of sp³-hybridized carbons (Fsp3) is 0.389. The zero-order valence-electron chi connectivity index (χ0n) is 13.8. The number of hydrogen-bond acceptors (Lipinski definition) is 5. The Morgan fingerprint density at radius 1 is 1.12 bits per heavy atom. The molecule has 24 heavy (non-hydrogen) atoms. The number of rotatable bonds is 4. The van der Waals surface area contributed by atoms with E-state index in [1.165, 1.54) is 0 Å². The van der Waals surface area contributed by atoms with Gasteiger partial charge in [-0.15, -0.1) is 5.10 Å². The molecule has 2 heterocycles. The maximum absolute atomic E-state index is 12.5. The molecule has 1 fully saturated rings. The SMILES string of the molecule is CC(O)(CC(=O)N1CCN(c2cccnn2)CC1)c1ccccc1. The van der Waals surface area contributed by atoms with E-state index in [4.69, 9.17) is 0 Å². The highest BCUT2D eigenvalue weighted by atomic mass is 16.3. The van der Waals surface area contributed by atoms with E-state index in [-0.39, 0.29) is 12.3 Å². The van der Waals surface area contributed by atoms with Gasteiger partial charge in [-0.3, -0.25) is 4.79 Å². The van der Waals surface area contributed by atoms with Crippen molar-refractivity contribution in [2.75, 3.05) is 31.1 Å². The summed E-state index contributed by atoms with van der Waals surface area (Å²) >= 11 is 0. The van der Waals surface area contributed by atoms with Gasteiger partial charge in [-0.1, -0.05) is 30.3 Å². The normalized spacial score (nSPS) is 17.4. The number of hydrogen-bond donors (Lipinski definition) is 1. The zero-order chi connectivity index (χ0) is 17.0. The highest BCUT2D eigenvalue weighted by molar-refractivity contribution is 5.77. The molecule has 6 heteroatoms. The molecule has 3 rings (SSSR count). The molecule has 1 saturated heterocycles. The molecule has 1 amide bonds. The molecule has 0 radical (unpaired) electrons. The number of nitrogens with zero attached hydrogens (tertiary/aromatic N) is 4. The van der Waals surface area contributed by atoms with Crippen LogP contribution in [-0.4, -0.2) is 52.3 Å². The van der Waals surface area contributed by atoms with Crippen molar-refractivity contribution in [1.82, 2.24) is 15.1 Å². The number of aromatic nitrogens is 2. The first-order chi connectivity index (χ1) is 11.6. The second kappa shape index (κ2) is 6.97. The van der Waals surface area contributed by atoms with Gasteiger partial charge in [-0.25, -0.2) is 0 Å². The van der Waals surface area contributed by atoms with Gasteiger partial charge in [0.1, 0.15) is 0 Å². The summed E-state index contributed by atoms with van der Waals surface area (Å²) in [5.41, 5.74) is -0.392. The number of carbonyl (C=O) groups excluding carboxylic acids is 1. The van der Waals surface area contributed by atoms with Gasteiger partial charge >= 0.3 is 0 Å². The van der Waals surface area contributed by atoms with E-state index in [1.54, 1.807) is 13.1 Å². The fourth-order valence-electron chi connectivity index (χ4n) is 2.95. The van der Waals surface area contributed by atoms with Gasteiger partial charge in [0.05, 0.1) is 12.0 Å². The Morgan fingerprint density at radius 2 is 1.83 bits per heavy atom. The third-order valence-corrected chi connectivity index (χ3v) is 4.41. The van der Waals surface area contributed by atoms with E-state index in [9.17, 15) is 9.90 Å². The molecular weight excluding hydrogens is 304 g/mol. The van der Waals surface area contributed by atoms with Crippen molar-refractivity contribution < 1.29 is 9.90 Å². The van der Waals surface area contributed by atoms with Crippen molar-refractivity contribution in [3.63, 3.8) is 0 Å². The molecule has 1 atom stereocenters. The maximum Gasteiger partial charge on any atom is 0.225 e. The first-order valence-corrected chi connectivity index (χ1v) is 8.14. The predicted octanol–water partition coefficient (Wildman–Crippen LogP) is 1.42. The van der Waals surface area contributed by atoms with Crippen LogP contribution >= 0.6 is 0 Å². The van der Waals surface area contributed by atoms with Crippen LogP contribution in [0.2, 0.25) is 0 Å². The van der Waals surface area contributed by atoms with Crippen molar-refractivity contribution in [1.29, 1.82) is 0 Å². The van der Waals surface area contributed by atoms with E-state index < -0.39 is 5.60 Å². The van der Waals surface area contributed by atoms with E-state index in [0.717, 1.165) is 24.5 Å².